The molecule has 0 spiro atoms. The topological polar surface area (TPSA) is 66.5 Å². The lowest BCUT2D eigenvalue weighted by Gasteiger charge is -2.27. The third kappa shape index (κ3) is 4.61. The maximum absolute atomic E-state index is 12.3. The van der Waals surface area contributed by atoms with Crippen molar-refractivity contribution < 1.29 is 13.2 Å². The van der Waals surface area contributed by atoms with Crippen LogP contribution in [0.25, 0.3) is 0 Å². The number of likely N-dealkylation sites (N-methyl/N-ethyl adjacent to an activating group) is 1. The highest BCUT2D eigenvalue weighted by molar-refractivity contribution is 7.92. The molecule has 0 fully saturated rings. The molecule has 0 aromatic heterocycles. The first-order chi connectivity index (χ1) is 9.11. The van der Waals surface area contributed by atoms with Gasteiger partial charge in [-0.05, 0) is 52.1 Å². The average Bonchev–Trinajstić information content (AvgIpc) is 2.35. The number of sulfonamides is 1. The van der Waals surface area contributed by atoms with Gasteiger partial charge in [-0.25, -0.2) is 8.42 Å². The van der Waals surface area contributed by atoms with E-state index in [1.807, 2.05) is 32.7 Å². The van der Waals surface area contributed by atoms with Crippen LogP contribution in [0.1, 0.15) is 31.1 Å². The highest BCUT2D eigenvalue weighted by atomic mass is 32.2. The molecule has 0 bridgehead atoms. The predicted octanol–water partition coefficient (Wildman–Crippen LogP) is 1.97. The first-order valence-corrected chi connectivity index (χ1v) is 8.35. The zero-order valence-corrected chi connectivity index (χ0v) is 13.4. The van der Waals surface area contributed by atoms with Crippen LogP contribution in [0, 0.1) is 0 Å². The van der Waals surface area contributed by atoms with Crippen molar-refractivity contribution in [1.82, 2.24) is 4.90 Å². The summed E-state index contributed by atoms with van der Waals surface area (Å²) in [5.41, 5.74) is 1.03. The Morgan fingerprint density at radius 3 is 2.05 bits per heavy atom. The third-order valence-corrected chi connectivity index (χ3v) is 3.88. The van der Waals surface area contributed by atoms with Crippen LogP contribution in [0.2, 0.25) is 0 Å². The molecule has 0 amide bonds. The number of carbonyl (C=O) groups excluding carboxylic acids is 1. The van der Waals surface area contributed by atoms with E-state index in [0.717, 1.165) is 6.26 Å². The fourth-order valence-corrected chi connectivity index (χ4v) is 2.35. The number of ketones is 1. The molecule has 0 unspecified atom stereocenters. The summed E-state index contributed by atoms with van der Waals surface area (Å²) in [6.07, 6.45) is 1.09. The summed E-state index contributed by atoms with van der Waals surface area (Å²) in [6.45, 7) is 5.93. The van der Waals surface area contributed by atoms with Crippen molar-refractivity contribution >= 4 is 21.5 Å². The second-order valence-corrected chi connectivity index (χ2v) is 7.00. The molecule has 0 aliphatic heterocycles. The van der Waals surface area contributed by atoms with Crippen molar-refractivity contribution in [3.05, 3.63) is 29.8 Å². The Bertz CT molecular complexity index is 565. The Kier molecular flexibility index (Phi) is 5.30. The average molecular weight is 298 g/mol. The molecule has 1 N–H and O–H groups in total. The standard InChI is InChI=1S/C14H22N2O3S/c1-10(2)16(4)11(3)14(17)12-6-8-13(9-7-12)15-20(5,18)19/h6-11,15H,1-5H3/t11-/m0/s1. The molecule has 1 atom stereocenters. The Hall–Kier alpha value is -1.40. The number of benzene rings is 1. The van der Waals surface area contributed by atoms with Gasteiger partial charge in [-0.2, -0.15) is 0 Å². The highest BCUT2D eigenvalue weighted by Gasteiger charge is 2.21. The quantitative estimate of drug-likeness (QED) is 0.815. The van der Waals surface area contributed by atoms with Gasteiger partial charge in [0.2, 0.25) is 10.0 Å². The van der Waals surface area contributed by atoms with E-state index in [1.165, 1.54) is 0 Å². The van der Waals surface area contributed by atoms with Crippen molar-refractivity contribution in [1.29, 1.82) is 0 Å². The van der Waals surface area contributed by atoms with Crippen LogP contribution >= 0.6 is 0 Å². The first-order valence-electron chi connectivity index (χ1n) is 6.46. The Morgan fingerprint density at radius 1 is 1.15 bits per heavy atom. The minimum atomic E-state index is -3.29. The molecule has 6 heteroatoms. The maximum Gasteiger partial charge on any atom is 0.229 e. The van der Waals surface area contributed by atoms with Gasteiger partial charge in [0.1, 0.15) is 0 Å². The van der Waals surface area contributed by atoms with E-state index < -0.39 is 10.0 Å². The SMILES string of the molecule is CC(C)N(C)[C@@H](C)C(=O)c1ccc(NS(C)(=O)=O)cc1. The lowest BCUT2D eigenvalue weighted by molar-refractivity contribution is 0.0836. The van der Waals surface area contributed by atoms with E-state index in [-0.39, 0.29) is 17.9 Å². The summed E-state index contributed by atoms with van der Waals surface area (Å²) in [5, 5.41) is 0. The Labute approximate surface area is 121 Å². The molecule has 1 aromatic rings. The van der Waals surface area contributed by atoms with Crippen LogP contribution in [0.5, 0.6) is 0 Å². The van der Waals surface area contributed by atoms with Crippen molar-refractivity contribution in [2.24, 2.45) is 0 Å². The van der Waals surface area contributed by atoms with Crippen molar-refractivity contribution in [3.8, 4) is 0 Å². The molecule has 0 saturated heterocycles. The van der Waals surface area contributed by atoms with Crippen LogP contribution in [-0.2, 0) is 10.0 Å². The second kappa shape index (κ2) is 6.37. The lowest BCUT2D eigenvalue weighted by Crippen LogP contribution is -2.40. The summed E-state index contributed by atoms with van der Waals surface area (Å²) in [5.74, 6) is 0.0205. The van der Waals surface area contributed by atoms with Crippen molar-refractivity contribution in [2.45, 2.75) is 32.9 Å². The molecule has 0 aliphatic rings. The molecule has 5 nitrogen and oxygen atoms in total. The van der Waals surface area contributed by atoms with Crippen LogP contribution in [0.15, 0.2) is 24.3 Å². The van der Waals surface area contributed by atoms with Gasteiger partial charge in [0.05, 0.1) is 12.3 Å². The molecule has 0 heterocycles. The van der Waals surface area contributed by atoms with E-state index in [2.05, 4.69) is 4.72 Å². The first kappa shape index (κ1) is 16.7. The van der Waals surface area contributed by atoms with Gasteiger partial charge in [-0.15, -0.1) is 0 Å². The number of Topliss-reactive ketones (excluding diaryl/α,β-unsaturated/α-hetero) is 1. The maximum atomic E-state index is 12.3. The van der Waals surface area contributed by atoms with Crippen LogP contribution < -0.4 is 4.72 Å². The minimum Gasteiger partial charge on any atom is -0.294 e. The number of carbonyl (C=O) groups is 1. The van der Waals surface area contributed by atoms with Crippen LogP contribution in [0.3, 0.4) is 0 Å². The fourth-order valence-electron chi connectivity index (χ4n) is 1.79. The van der Waals surface area contributed by atoms with E-state index in [9.17, 15) is 13.2 Å². The van der Waals surface area contributed by atoms with Gasteiger partial charge in [-0.1, -0.05) is 0 Å². The van der Waals surface area contributed by atoms with E-state index in [4.69, 9.17) is 0 Å². The molecule has 0 radical (unpaired) electrons. The third-order valence-electron chi connectivity index (χ3n) is 3.28. The zero-order chi connectivity index (χ0) is 15.5. The molecule has 20 heavy (non-hydrogen) atoms. The van der Waals surface area contributed by atoms with Gasteiger partial charge in [0.25, 0.3) is 0 Å². The Morgan fingerprint density at radius 2 is 1.65 bits per heavy atom. The molecule has 1 aromatic carbocycles. The van der Waals surface area contributed by atoms with Gasteiger partial charge in [0, 0.05) is 17.3 Å². The number of hydrogen-bond acceptors (Lipinski definition) is 4. The summed E-state index contributed by atoms with van der Waals surface area (Å²) in [6, 6.07) is 6.53. The van der Waals surface area contributed by atoms with Gasteiger partial charge in [0.15, 0.2) is 5.78 Å². The van der Waals surface area contributed by atoms with Crippen LogP contribution in [-0.4, -0.2) is 44.5 Å². The molecule has 0 aliphatic carbocycles. The number of rotatable bonds is 6. The number of nitrogens with one attached hydrogen (secondary N) is 1. The van der Waals surface area contributed by atoms with Crippen molar-refractivity contribution in [3.63, 3.8) is 0 Å². The van der Waals surface area contributed by atoms with Gasteiger partial charge in [-0.3, -0.25) is 14.4 Å². The summed E-state index contributed by atoms with van der Waals surface area (Å²) in [7, 11) is -1.38. The second-order valence-electron chi connectivity index (χ2n) is 5.25. The Balaban J connectivity index is 2.86. The predicted molar refractivity (Wildman–Crippen MR) is 81.6 cm³/mol. The van der Waals surface area contributed by atoms with Gasteiger partial charge < -0.3 is 0 Å². The fraction of sp³-hybridized carbons (Fsp3) is 0.500. The lowest BCUT2D eigenvalue weighted by atomic mass is 10.0. The molecule has 1 rings (SSSR count). The van der Waals surface area contributed by atoms with E-state index in [1.54, 1.807) is 24.3 Å². The highest BCUT2D eigenvalue weighted by Crippen LogP contribution is 2.14. The smallest absolute Gasteiger partial charge is 0.229 e. The van der Waals surface area contributed by atoms with E-state index >= 15 is 0 Å². The van der Waals surface area contributed by atoms with E-state index in [0.29, 0.717) is 11.3 Å². The van der Waals surface area contributed by atoms with Crippen molar-refractivity contribution in [2.75, 3.05) is 18.0 Å². The van der Waals surface area contributed by atoms with Crippen LogP contribution in [0.4, 0.5) is 5.69 Å². The zero-order valence-electron chi connectivity index (χ0n) is 12.5. The largest absolute Gasteiger partial charge is 0.294 e. The number of hydrogen-bond donors (Lipinski definition) is 1. The summed E-state index contributed by atoms with van der Waals surface area (Å²) >= 11 is 0. The molecular formula is C14H22N2O3S. The number of anilines is 1. The monoisotopic (exact) mass is 298 g/mol. The molecule has 0 saturated carbocycles. The van der Waals surface area contributed by atoms with Gasteiger partial charge >= 0.3 is 0 Å². The summed E-state index contributed by atoms with van der Waals surface area (Å²) < 4.78 is 24.6. The molecule has 112 valence electrons. The number of nitrogens with zero attached hydrogens (tertiary/aromatic N) is 1. The minimum absolute atomic E-state index is 0.0205. The molecular weight excluding hydrogens is 276 g/mol. The normalized spacial score (nSPS) is 13.6. The summed E-state index contributed by atoms with van der Waals surface area (Å²) in [4.78, 5) is 14.3.